The van der Waals surface area contributed by atoms with Gasteiger partial charge in [0.2, 0.25) is 0 Å². The van der Waals surface area contributed by atoms with Crippen molar-refractivity contribution in [2.75, 3.05) is 40.1 Å². The first-order chi connectivity index (χ1) is 19.5. The molecule has 2 aliphatic heterocycles. The summed E-state index contributed by atoms with van der Waals surface area (Å²) in [5, 5.41) is 0. The maximum Gasteiger partial charge on any atom is 0.410 e. The molecule has 4 rings (SSSR count). The van der Waals surface area contributed by atoms with Gasteiger partial charge in [-0.15, -0.1) is 0 Å². The third-order valence-corrected chi connectivity index (χ3v) is 7.34. The highest BCUT2D eigenvalue weighted by Crippen LogP contribution is 2.45. The predicted octanol–water partition coefficient (Wildman–Crippen LogP) is 6.27. The van der Waals surface area contributed by atoms with Gasteiger partial charge in [0.15, 0.2) is 6.79 Å². The van der Waals surface area contributed by atoms with Gasteiger partial charge in [0, 0.05) is 56.4 Å². The normalized spacial score (nSPS) is 18.6. The summed E-state index contributed by atoms with van der Waals surface area (Å²) in [6.07, 6.45) is 3.55. The van der Waals surface area contributed by atoms with Crippen LogP contribution in [-0.2, 0) is 9.47 Å². The number of likely N-dealkylation sites (tertiary alicyclic amines) is 1. The maximum atomic E-state index is 14.6. The van der Waals surface area contributed by atoms with Crippen LogP contribution in [0, 0.1) is 5.82 Å². The first kappa shape index (κ1) is 30.4. The quantitative estimate of drug-likeness (QED) is 0.366. The minimum atomic E-state index is -0.731. The average molecular weight is 569 g/mol. The van der Waals surface area contributed by atoms with E-state index in [1.54, 1.807) is 28.0 Å². The molecule has 2 amide bonds. The molecule has 9 heteroatoms. The van der Waals surface area contributed by atoms with Crippen LogP contribution in [-0.4, -0.2) is 73.1 Å². The Kier molecular flexibility index (Phi) is 9.27. The summed E-state index contributed by atoms with van der Waals surface area (Å²) in [6, 6.07) is 9.80. The summed E-state index contributed by atoms with van der Waals surface area (Å²) < 4.78 is 37.9. The van der Waals surface area contributed by atoms with Gasteiger partial charge < -0.3 is 28.7 Å². The molecule has 0 bridgehead atoms. The van der Waals surface area contributed by atoms with Crippen molar-refractivity contribution in [1.29, 1.82) is 0 Å². The smallest absolute Gasteiger partial charge is 0.410 e. The van der Waals surface area contributed by atoms with Crippen molar-refractivity contribution in [3.05, 3.63) is 65.0 Å². The first-order valence-electron chi connectivity index (χ1n) is 14.2. The van der Waals surface area contributed by atoms with E-state index in [2.05, 4.69) is 0 Å². The van der Waals surface area contributed by atoms with Crippen LogP contribution in [0.1, 0.15) is 75.4 Å². The molecule has 0 aromatic heterocycles. The lowest BCUT2D eigenvalue weighted by molar-refractivity contribution is 0.0242. The van der Waals surface area contributed by atoms with Crippen LogP contribution in [0.2, 0.25) is 0 Å². The number of halogens is 1. The van der Waals surface area contributed by atoms with Gasteiger partial charge >= 0.3 is 6.09 Å². The minimum absolute atomic E-state index is 0.0221. The number of ether oxygens (including phenoxy) is 4. The Morgan fingerprint density at radius 3 is 2.49 bits per heavy atom. The van der Waals surface area contributed by atoms with Gasteiger partial charge in [-0.05, 0) is 95.5 Å². The third-order valence-electron chi connectivity index (χ3n) is 7.34. The van der Waals surface area contributed by atoms with Gasteiger partial charge in [-0.1, -0.05) is 0 Å². The van der Waals surface area contributed by atoms with Gasteiger partial charge in [-0.2, -0.15) is 0 Å². The highest BCUT2D eigenvalue weighted by Gasteiger charge is 2.39. The second-order valence-corrected chi connectivity index (χ2v) is 11.4. The lowest BCUT2D eigenvalue weighted by Crippen LogP contribution is -2.40. The molecule has 2 aliphatic rings. The molecule has 1 spiro atoms. The van der Waals surface area contributed by atoms with Gasteiger partial charge in [0.1, 0.15) is 28.5 Å². The van der Waals surface area contributed by atoms with E-state index in [-0.39, 0.29) is 24.6 Å². The fourth-order valence-corrected chi connectivity index (χ4v) is 5.31. The first-order valence-corrected chi connectivity index (χ1v) is 14.2. The molecule has 0 N–H and O–H groups in total. The molecule has 1 saturated heterocycles. The fraction of sp³-hybridized carbons (Fsp3) is 0.500. The van der Waals surface area contributed by atoms with Crippen LogP contribution < -0.4 is 9.47 Å². The zero-order valence-electron chi connectivity index (χ0n) is 24.9. The number of fused-ring (bicyclic) bond motifs is 1. The zero-order valence-corrected chi connectivity index (χ0v) is 24.9. The van der Waals surface area contributed by atoms with Crippen molar-refractivity contribution in [3.8, 4) is 11.5 Å². The van der Waals surface area contributed by atoms with E-state index in [1.807, 2.05) is 46.8 Å². The lowest BCUT2D eigenvalue weighted by Gasteiger charge is -2.37. The van der Waals surface area contributed by atoms with Gasteiger partial charge in [0.05, 0.1) is 0 Å². The fourth-order valence-electron chi connectivity index (χ4n) is 5.31. The number of amides is 2. The molecule has 0 radical (unpaired) electrons. The second kappa shape index (κ2) is 12.5. The third kappa shape index (κ3) is 7.01. The zero-order chi connectivity index (χ0) is 29.8. The number of carbonyl (C=O) groups is 2. The summed E-state index contributed by atoms with van der Waals surface area (Å²) >= 11 is 0. The van der Waals surface area contributed by atoms with Crippen molar-refractivity contribution in [3.63, 3.8) is 0 Å². The van der Waals surface area contributed by atoms with E-state index in [9.17, 15) is 14.0 Å². The molecule has 222 valence electrons. The number of benzene rings is 2. The van der Waals surface area contributed by atoms with Crippen LogP contribution in [0.25, 0.3) is 5.57 Å². The minimum Gasteiger partial charge on any atom is -0.482 e. The van der Waals surface area contributed by atoms with E-state index in [0.29, 0.717) is 73.6 Å². The topological polar surface area (TPSA) is 77.5 Å². The Balaban J connectivity index is 1.76. The summed E-state index contributed by atoms with van der Waals surface area (Å²) in [5.74, 6) is 0.514. The second-order valence-electron chi connectivity index (χ2n) is 11.4. The van der Waals surface area contributed by atoms with E-state index in [0.717, 1.165) is 5.57 Å². The SMILES string of the molecule is CCN(CC)C(=O)c1ccc(C2=CC3(CCCN(C(=O)OC(C)(C)C)CC3)Oc3ccc(F)cc32)c(OCOC)c1. The van der Waals surface area contributed by atoms with E-state index in [4.69, 9.17) is 18.9 Å². The van der Waals surface area contributed by atoms with Crippen LogP contribution in [0.5, 0.6) is 11.5 Å². The Labute approximate surface area is 242 Å². The van der Waals surface area contributed by atoms with Gasteiger partial charge in [-0.3, -0.25) is 4.79 Å². The number of methoxy groups -OCH3 is 1. The average Bonchev–Trinajstić information content (AvgIpc) is 3.13. The number of carbonyl (C=O) groups excluding carboxylic acids is 2. The van der Waals surface area contributed by atoms with E-state index < -0.39 is 11.2 Å². The summed E-state index contributed by atoms with van der Waals surface area (Å²) in [6.45, 7) is 11.6. The van der Waals surface area contributed by atoms with E-state index >= 15 is 0 Å². The lowest BCUT2D eigenvalue weighted by atomic mass is 9.84. The van der Waals surface area contributed by atoms with Gasteiger partial charge in [-0.25, -0.2) is 9.18 Å². The van der Waals surface area contributed by atoms with Crippen molar-refractivity contribution in [1.82, 2.24) is 9.80 Å². The molecule has 1 fully saturated rings. The predicted molar refractivity (Wildman–Crippen MR) is 155 cm³/mol. The molecular weight excluding hydrogens is 527 g/mol. The Bertz CT molecular complexity index is 1300. The molecule has 1 atom stereocenters. The molecule has 41 heavy (non-hydrogen) atoms. The standard InChI is InChI=1S/C32H41FN2O6/c1-7-34(8-2)29(36)22-10-12-24(28(18-22)39-21-38-6)26-20-32(40-27-13-11-23(33)19-25(26)27)14-9-16-35(17-15-32)30(37)41-31(3,4)5/h10-13,18-20H,7-9,14-17,21H2,1-6H3. The van der Waals surface area contributed by atoms with Crippen molar-refractivity contribution in [2.45, 2.75) is 65.1 Å². The van der Waals surface area contributed by atoms with Gasteiger partial charge in [0.25, 0.3) is 5.91 Å². The summed E-state index contributed by atoms with van der Waals surface area (Å²) in [7, 11) is 1.53. The molecule has 2 aromatic rings. The Hall–Kier alpha value is -3.59. The number of nitrogens with zero attached hydrogens (tertiary/aromatic N) is 2. The van der Waals surface area contributed by atoms with Crippen LogP contribution in [0.15, 0.2) is 42.5 Å². The molecular formula is C32H41FN2O6. The van der Waals surface area contributed by atoms with E-state index in [1.165, 1.54) is 19.2 Å². The van der Waals surface area contributed by atoms with Crippen molar-refractivity contribution < 1.29 is 32.9 Å². The summed E-state index contributed by atoms with van der Waals surface area (Å²) in [4.78, 5) is 29.4. The molecule has 1 unspecified atom stereocenters. The monoisotopic (exact) mass is 568 g/mol. The number of hydrogen-bond donors (Lipinski definition) is 0. The highest BCUT2D eigenvalue weighted by molar-refractivity contribution is 5.96. The van der Waals surface area contributed by atoms with Crippen LogP contribution in [0.4, 0.5) is 9.18 Å². The molecule has 0 saturated carbocycles. The Morgan fingerprint density at radius 2 is 1.80 bits per heavy atom. The highest BCUT2D eigenvalue weighted by atomic mass is 19.1. The number of rotatable bonds is 7. The van der Waals surface area contributed by atoms with Crippen molar-refractivity contribution >= 4 is 17.6 Å². The summed E-state index contributed by atoms with van der Waals surface area (Å²) in [5.41, 5.74) is 1.20. The number of hydrogen-bond acceptors (Lipinski definition) is 6. The van der Waals surface area contributed by atoms with Crippen LogP contribution in [0.3, 0.4) is 0 Å². The Morgan fingerprint density at radius 1 is 1.05 bits per heavy atom. The molecule has 2 aromatic carbocycles. The largest absolute Gasteiger partial charge is 0.482 e. The molecule has 0 aliphatic carbocycles. The van der Waals surface area contributed by atoms with Crippen molar-refractivity contribution in [2.24, 2.45) is 0 Å². The molecule has 8 nitrogen and oxygen atoms in total. The van der Waals surface area contributed by atoms with Crippen LogP contribution >= 0.6 is 0 Å². The maximum absolute atomic E-state index is 14.6. The molecule has 2 heterocycles.